The van der Waals surface area contributed by atoms with Gasteiger partial charge in [-0.05, 0) is 44.4 Å². The fraction of sp³-hybridized carbons (Fsp3) is 0.667. The van der Waals surface area contributed by atoms with Gasteiger partial charge in [-0.15, -0.1) is 0 Å². The number of aliphatic hydroxyl groups is 1. The molecule has 7 nitrogen and oxygen atoms in total. The highest BCUT2D eigenvalue weighted by Crippen LogP contribution is 2.19. The van der Waals surface area contributed by atoms with E-state index in [1.165, 1.54) is 5.56 Å². The standard InChI is InChI=1S/C21H36N4O3/c1-5-22-20(23-9-8-18-7-6-17(2)19(14-18)27-4)24-15-21(3,26)16-25-10-12-28-13-11-25/h6-7,14,26H,5,8-13,15-16H2,1-4H3,(H2,22,23,24). The normalized spacial score (nSPS) is 17.8. The molecule has 0 saturated carbocycles. The van der Waals surface area contributed by atoms with Crippen molar-refractivity contribution >= 4 is 5.96 Å². The highest BCUT2D eigenvalue weighted by molar-refractivity contribution is 5.79. The molecule has 1 unspecified atom stereocenters. The molecule has 0 amide bonds. The summed E-state index contributed by atoms with van der Waals surface area (Å²) >= 11 is 0. The monoisotopic (exact) mass is 392 g/mol. The zero-order valence-electron chi connectivity index (χ0n) is 17.8. The first-order valence-corrected chi connectivity index (χ1v) is 10.1. The second kappa shape index (κ2) is 11.2. The third-order valence-corrected chi connectivity index (χ3v) is 4.77. The molecule has 28 heavy (non-hydrogen) atoms. The van der Waals surface area contributed by atoms with Crippen molar-refractivity contribution in [1.82, 2.24) is 15.5 Å². The number of rotatable bonds is 9. The molecule has 158 valence electrons. The minimum Gasteiger partial charge on any atom is -0.496 e. The van der Waals surface area contributed by atoms with Gasteiger partial charge < -0.3 is 25.2 Å². The minimum atomic E-state index is -0.871. The van der Waals surface area contributed by atoms with Gasteiger partial charge >= 0.3 is 0 Å². The average molecular weight is 393 g/mol. The second-order valence-electron chi connectivity index (χ2n) is 7.56. The van der Waals surface area contributed by atoms with Crippen LogP contribution < -0.4 is 15.4 Å². The van der Waals surface area contributed by atoms with Gasteiger partial charge in [0, 0.05) is 32.7 Å². The molecule has 3 N–H and O–H groups in total. The van der Waals surface area contributed by atoms with E-state index in [1.807, 2.05) is 20.8 Å². The zero-order chi connectivity index (χ0) is 20.4. The number of ether oxygens (including phenoxy) is 2. The summed E-state index contributed by atoms with van der Waals surface area (Å²) in [5.41, 5.74) is 1.48. The molecule has 1 aliphatic heterocycles. The van der Waals surface area contributed by atoms with Gasteiger partial charge in [-0.3, -0.25) is 9.89 Å². The molecule has 7 heteroatoms. The number of aryl methyl sites for hydroxylation is 1. The van der Waals surface area contributed by atoms with Crippen LogP contribution in [0.25, 0.3) is 0 Å². The first-order chi connectivity index (χ1) is 13.4. The van der Waals surface area contributed by atoms with Crippen LogP contribution in [-0.2, 0) is 11.2 Å². The van der Waals surface area contributed by atoms with E-state index in [0.29, 0.717) is 13.1 Å². The molecule has 1 heterocycles. The van der Waals surface area contributed by atoms with E-state index in [-0.39, 0.29) is 0 Å². The molecule has 1 saturated heterocycles. The summed E-state index contributed by atoms with van der Waals surface area (Å²) in [7, 11) is 1.70. The third-order valence-electron chi connectivity index (χ3n) is 4.77. The van der Waals surface area contributed by atoms with Crippen molar-refractivity contribution in [2.24, 2.45) is 4.99 Å². The maximum Gasteiger partial charge on any atom is 0.191 e. The Kier molecular flexibility index (Phi) is 9.02. The third kappa shape index (κ3) is 7.66. The van der Waals surface area contributed by atoms with Gasteiger partial charge in [0.2, 0.25) is 0 Å². The lowest BCUT2D eigenvalue weighted by atomic mass is 10.1. The predicted octanol–water partition coefficient (Wildman–Crippen LogP) is 1.18. The number of methoxy groups -OCH3 is 1. The van der Waals surface area contributed by atoms with Crippen LogP contribution in [0.4, 0.5) is 0 Å². The van der Waals surface area contributed by atoms with Gasteiger partial charge in [0.05, 0.1) is 32.5 Å². The van der Waals surface area contributed by atoms with E-state index in [0.717, 1.165) is 63.1 Å². The van der Waals surface area contributed by atoms with E-state index in [4.69, 9.17) is 9.47 Å². The summed E-state index contributed by atoms with van der Waals surface area (Å²) in [4.78, 5) is 6.82. The maximum absolute atomic E-state index is 10.7. The van der Waals surface area contributed by atoms with Crippen LogP contribution in [0.1, 0.15) is 25.0 Å². The highest BCUT2D eigenvalue weighted by atomic mass is 16.5. The topological polar surface area (TPSA) is 78.4 Å². The Labute approximate surface area is 169 Å². The average Bonchev–Trinajstić information content (AvgIpc) is 2.68. The Morgan fingerprint density at radius 3 is 2.75 bits per heavy atom. The Morgan fingerprint density at radius 1 is 1.32 bits per heavy atom. The van der Waals surface area contributed by atoms with Gasteiger partial charge in [-0.25, -0.2) is 0 Å². The Hall–Kier alpha value is -1.83. The molecule has 0 radical (unpaired) electrons. The van der Waals surface area contributed by atoms with Crippen molar-refractivity contribution in [2.45, 2.75) is 32.8 Å². The van der Waals surface area contributed by atoms with Crippen LogP contribution in [0.2, 0.25) is 0 Å². The number of nitrogens with zero attached hydrogens (tertiary/aromatic N) is 2. The Morgan fingerprint density at radius 2 is 2.07 bits per heavy atom. The fourth-order valence-corrected chi connectivity index (χ4v) is 3.23. The SMILES string of the molecule is CCNC(=NCC(C)(O)CN1CCOCC1)NCCc1ccc(C)c(OC)c1. The van der Waals surface area contributed by atoms with Crippen molar-refractivity contribution in [3.63, 3.8) is 0 Å². The number of nitrogens with one attached hydrogen (secondary N) is 2. The first-order valence-electron chi connectivity index (χ1n) is 10.1. The van der Waals surface area contributed by atoms with Crippen LogP contribution in [0.3, 0.4) is 0 Å². The van der Waals surface area contributed by atoms with Gasteiger partial charge in [0.1, 0.15) is 5.75 Å². The number of aliphatic imine (C=N–C) groups is 1. The number of morpholine rings is 1. The molecule has 1 aliphatic rings. The number of hydrogen-bond donors (Lipinski definition) is 3. The van der Waals surface area contributed by atoms with E-state index in [1.54, 1.807) is 7.11 Å². The molecule has 0 aromatic heterocycles. The lowest BCUT2D eigenvalue weighted by Gasteiger charge is -2.33. The largest absolute Gasteiger partial charge is 0.496 e. The number of β-amino-alcohol motifs (C(OH)–C–C–N with tert-alkyl or cyclic N) is 1. The summed E-state index contributed by atoms with van der Waals surface area (Å²) in [5.74, 6) is 1.64. The zero-order valence-corrected chi connectivity index (χ0v) is 17.8. The van der Waals surface area contributed by atoms with Crippen molar-refractivity contribution < 1.29 is 14.6 Å². The highest BCUT2D eigenvalue weighted by Gasteiger charge is 2.25. The van der Waals surface area contributed by atoms with Crippen LogP contribution >= 0.6 is 0 Å². The van der Waals surface area contributed by atoms with Crippen molar-refractivity contribution in [3.8, 4) is 5.75 Å². The van der Waals surface area contributed by atoms with Crippen molar-refractivity contribution in [3.05, 3.63) is 29.3 Å². The molecule has 1 atom stereocenters. The summed E-state index contributed by atoms with van der Waals surface area (Å²) in [6, 6.07) is 6.28. The number of guanidine groups is 1. The molecule has 2 rings (SSSR count). The van der Waals surface area contributed by atoms with Crippen molar-refractivity contribution in [1.29, 1.82) is 0 Å². The molecule has 0 spiro atoms. The van der Waals surface area contributed by atoms with E-state index < -0.39 is 5.60 Å². The minimum absolute atomic E-state index is 0.345. The molecule has 0 aliphatic carbocycles. The van der Waals surface area contributed by atoms with Crippen LogP contribution in [0.15, 0.2) is 23.2 Å². The van der Waals surface area contributed by atoms with Gasteiger partial charge in [0.15, 0.2) is 5.96 Å². The Balaban J connectivity index is 1.85. The van der Waals surface area contributed by atoms with Crippen molar-refractivity contribution in [2.75, 3.05) is 59.6 Å². The number of benzene rings is 1. The summed E-state index contributed by atoms with van der Waals surface area (Å²) in [6.07, 6.45) is 0.866. The van der Waals surface area contributed by atoms with Crippen LogP contribution in [0.5, 0.6) is 5.75 Å². The first kappa shape index (κ1) is 22.5. The lowest BCUT2D eigenvalue weighted by Crippen LogP contribution is -2.48. The van der Waals surface area contributed by atoms with Crippen LogP contribution in [0, 0.1) is 6.92 Å². The van der Waals surface area contributed by atoms with Crippen LogP contribution in [-0.4, -0.2) is 81.2 Å². The van der Waals surface area contributed by atoms with E-state index in [9.17, 15) is 5.11 Å². The maximum atomic E-state index is 10.7. The molecule has 1 fully saturated rings. The Bertz CT molecular complexity index is 628. The van der Waals surface area contributed by atoms with Gasteiger partial charge in [-0.2, -0.15) is 0 Å². The smallest absolute Gasteiger partial charge is 0.191 e. The summed E-state index contributed by atoms with van der Waals surface area (Å²) in [5, 5.41) is 17.3. The van der Waals surface area contributed by atoms with Gasteiger partial charge in [0.25, 0.3) is 0 Å². The molecular weight excluding hydrogens is 356 g/mol. The lowest BCUT2D eigenvalue weighted by molar-refractivity contribution is -0.0179. The molecule has 0 bridgehead atoms. The molecule has 1 aromatic rings. The van der Waals surface area contributed by atoms with Gasteiger partial charge in [-0.1, -0.05) is 12.1 Å². The fourth-order valence-electron chi connectivity index (χ4n) is 3.23. The quantitative estimate of drug-likeness (QED) is 0.433. The van der Waals surface area contributed by atoms with E-state index in [2.05, 4.69) is 38.7 Å². The molecule has 1 aromatic carbocycles. The predicted molar refractivity (Wildman–Crippen MR) is 113 cm³/mol. The van der Waals surface area contributed by atoms with E-state index >= 15 is 0 Å². The number of hydrogen-bond acceptors (Lipinski definition) is 5. The summed E-state index contributed by atoms with van der Waals surface area (Å²) in [6.45, 7) is 11.6. The summed E-state index contributed by atoms with van der Waals surface area (Å²) < 4.78 is 10.8. The second-order valence-corrected chi connectivity index (χ2v) is 7.56. The molecular formula is C21H36N4O3.